The molecule has 1 saturated heterocycles. The van der Waals surface area contributed by atoms with Gasteiger partial charge in [0.25, 0.3) is 0 Å². The van der Waals surface area contributed by atoms with E-state index in [2.05, 4.69) is 16.5 Å². The van der Waals surface area contributed by atoms with Gasteiger partial charge in [-0.15, -0.1) is 0 Å². The number of aryl methyl sites for hydroxylation is 2. The van der Waals surface area contributed by atoms with Crippen molar-refractivity contribution >= 4 is 21.6 Å². The molecule has 0 radical (unpaired) electrons. The number of nitrogens with one attached hydrogen (secondary N) is 1. The zero-order valence-electron chi connectivity index (χ0n) is 15.3. The largest absolute Gasteiger partial charge is 0.493 e. The Bertz CT molecular complexity index is 981. The molecule has 0 aliphatic carbocycles. The van der Waals surface area contributed by atoms with Gasteiger partial charge in [-0.3, -0.25) is 4.79 Å². The lowest BCUT2D eigenvalue weighted by Crippen LogP contribution is -2.19. The molecule has 1 N–H and O–H groups in total. The number of carbonyl (C=O) groups excluding carboxylic acids is 1. The number of hydrogen-bond donors (Lipinski definition) is 1. The van der Waals surface area contributed by atoms with Gasteiger partial charge in [0, 0.05) is 18.9 Å². The maximum absolute atomic E-state index is 12.4. The number of rotatable bonds is 5. The van der Waals surface area contributed by atoms with Crippen LogP contribution in [0.2, 0.25) is 0 Å². The normalized spacial score (nSPS) is 20.3. The molecule has 27 heavy (non-hydrogen) atoms. The standard InChI is InChI=1S/C19H23N3O4S/c1-13-10-18(22(21-13)16-7-9-27(24,25)12-16)20-19(23)5-3-14-2-4-17-15(11-14)6-8-26-17/h2,4,10-11,16H,3,5-9,12H2,1H3,(H,20,23)/t16-/m1/s1. The highest BCUT2D eigenvalue weighted by molar-refractivity contribution is 7.91. The molecule has 0 bridgehead atoms. The number of benzene rings is 1. The smallest absolute Gasteiger partial charge is 0.225 e. The molecule has 2 aromatic rings. The Labute approximate surface area is 158 Å². The summed E-state index contributed by atoms with van der Waals surface area (Å²) in [7, 11) is -3.01. The summed E-state index contributed by atoms with van der Waals surface area (Å²) >= 11 is 0. The zero-order valence-corrected chi connectivity index (χ0v) is 16.1. The third kappa shape index (κ3) is 4.00. The summed E-state index contributed by atoms with van der Waals surface area (Å²) < 4.78 is 30.7. The van der Waals surface area contributed by atoms with Crippen LogP contribution in [-0.4, -0.2) is 42.2 Å². The molecule has 1 aromatic heterocycles. The van der Waals surface area contributed by atoms with E-state index in [1.165, 1.54) is 5.56 Å². The van der Waals surface area contributed by atoms with Crippen molar-refractivity contribution in [1.82, 2.24) is 9.78 Å². The lowest BCUT2D eigenvalue weighted by atomic mass is 10.0. The summed E-state index contributed by atoms with van der Waals surface area (Å²) in [6.45, 7) is 2.56. The quantitative estimate of drug-likeness (QED) is 0.845. The molecule has 1 atom stereocenters. The number of sulfone groups is 1. The second kappa shape index (κ2) is 6.99. The summed E-state index contributed by atoms with van der Waals surface area (Å²) in [5.41, 5.74) is 3.07. The van der Waals surface area contributed by atoms with Crippen LogP contribution in [0.5, 0.6) is 5.75 Å². The minimum Gasteiger partial charge on any atom is -0.493 e. The van der Waals surface area contributed by atoms with Crippen LogP contribution >= 0.6 is 0 Å². The average Bonchev–Trinajstić information content (AvgIpc) is 3.31. The van der Waals surface area contributed by atoms with Gasteiger partial charge >= 0.3 is 0 Å². The fourth-order valence-corrected chi connectivity index (χ4v) is 5.41. The second-order valence-corrected chi connectivity index (χ2v) is 9.49. The predicted molar refractivity (Wildman–Crippen MR) is 102 cm³/mol. The second-order valence-electron chi connectivity index (χ2n) is 7.26. The number of carbonyl (C=O) groups is 1. The summed E-state index contributed by atoms with van der Waals surface area (Å²) in [6.07, 6.45) is 2.44. The number of hydrogen-bond acceptors (Lipinski definition) is 5. The van der Waals surface area contributed by atoms with Gasteiger partial charge < -0.3 is 10.1 Å². The first-order valence-electron chi connectivity index (χ1n) is 9.21. The number of aromatic nitrogens is 2. The van der Waals surface area contributed by atoms with Gasteiger partial charge in [-0.2, -0.15) is 5.10 Å². The Morgan fingerprint density at radius 2 is 2.22 bits per heavy atom. The highest BCUT2D eigenvalue weighted by atomic mass is 32.2. The molecule has 1 fully saturated rings. The van der Waals surface area contributed by atoms with Crippen LogP contribution in [0.3, 0.4) is 0 Å². The van der Waals surface area contributed by atoms with Crippen molar-refractivity contribution in [3.8, 4) is 5.75 Å². The van der Waals surface area contributed by atoms with Crippen LogP contribution in [0.25, 0.3) is 0 Å². The molecule has 4 rings (SSSR count). The third-order valence-electron chi connectivity index (χ3n) is 5.07. The van der Waals surface area contributed by atoms with Gasteiger partial charge in [-0.25, -0.2) is 13.1 Å². The van der Waals surface area contributed by atoms with E-state index in [1.807, 2.05) is 19.1 Å². The minimum atomic E-state index is -3.01. The molecule has 1 amide bonds. The molecule has 144 valence electrons. The van der Waals surface area contributed by atoms with Crippen molar-refractivity contribution in [2.45, 2.75) is 38.6 Å². The van der Waals surface area contributed by atoms with Gasteiger partial charge in [0.2, 0.25) is 5.91 Å². The Morgan fingerprint density at radius 3 is 3.00 bits per heavy atom. The van der Waals surface area contributed by atoms with Crippen molar-refractivity contribution in [2.24, 2.45) is 0 Å². The van der Waals surface area contributed by atoms with Gasteiger partial charge in [-0.05, 0) is 37.0 Å². The lowest BCUT2D eigenvalue weighted by Gasteiger charge is -2.14. The predicted octanol–water partition coefficient (Wildman–Crippen LogP) is 2.06. The van der Waals surface area contributed by atoms with Crippen LogP contribution in [0.1, 0.15) is 35.7 Å². The summed E-state index contributed by atoms with van der Waals surface area (Å²) in [5, 5.41) is 7.29. The maximum atomic E-state index is 12.4. The molecule has 7 nitrogen and oxygen atoms in total. The molecular weight excluding hydrogens is 366 g/mol. The summed E-state index contributed by atoms with van der Waals surface area (Å²) in [4.78, 5) is 12.4. The van der Waals surface area contributed by atoms with Gasteiger partial charge in [0.1, 0.15) is 11.6 Å². The van der Waals surface area contributed by atoms with Crippen LogP contribution in [0, 0.1) is 6.92 Å². The first kappa shape index (κ1) is 18.0. The monoisotopic (exact) mass is 389 g/mol. The van der Waals surface area contributed by atoms with Crippen molar-refractivity contribution < 1.29 is 17.9 Å². The Morgan fingerprint density at radius 1 is 1.37 bits per heavy atom. The van der Waals surface area contributed by atoms with Crippen LogP contribution in [0.15, 0.2) is 24.3 Å². The topological polar surface area (TPSA) is 90.3 Å². The number of amides is 1. The molecular formula is C19H23N3O4S. The molecule has 3 heterocycles. The van der Waals surface area contributed by atoms with E-state index in [1.54, 1.807) is 10.7 Å². The first-order chi connectivity index (χ1) is 12.9. The highest BCUT2D eigenvalue weighted by Crippen LogP contribution is 2.28. The lowest BCUT2D eigenvalue weighted by molar-refractivity contribution is -0.116. The SMILES string of the molecule is Cc1cc(NC(=O)CCc2ccc3c(c2)CCO3)n([C@@H]2CCS(=O)(=O)C2)n1. The number of anilines is 1. The summed E-state index contributed by atoms with van der Waals surface area (Å²) in [6, 6.07) is 7.64. The fraction of sp³-hybridized carbons (Fsp3) is 0.474. The van der Waals surface area contributed by atoms with Gasteiger partial charge in [-0.1, -0.05) is 12.1 Å². The van der Waals surface area contributed by atoms with E-state index in [0.717, 1.165) is 30.0 Å². The van der Waals surface area contributed by atoms with Crippen molar-refractivity contribution in [3.63, 3.8) is 0 Å². The van der Waals surface area contributed by atoms with Crippen LogP contribution in [0.4, 0.5) is 5.82 Å². The first-order valence-corrected chi connectivity index (χ1v) is 11.0. The fourth-order valence-electron chi connectivity index (χ4n) is 3.72. The van der Waals surface area contributed by atoms with Crippen LogP contribution < -0.4 is 10.1 Å². The molecule has 0 unspecified atom stereocenters. The molecule has 8 heteroatoms. The van der Waals surface area contributed by atoms with Crippen molar-refractivity contribution in [2.75, 3.05) is 23.4 Å². The Hall–Kier alpha value is -2.35. The molecule has 0 spiro atoms. The molecule has 1 aromatic carbocycles. The highest BCUT2D eigenvalue weighted by Gasteiger charge is 2.31. The average molecular weight is 389 g/mol. The minimum absolute atomic E-state index is 0.0776. The third-order valence-corrected chi connectivity index (χ3v) is 6.82. The molecule has 2 aliphatic heterocycles. The number of ether oxygens (including phenoxy) is 1. The molecule has 0 saturated carbocycles. The number of fused-ring (bicyclic) bond motifs is 1. The summed E-state index contributed by atoms with van der Waals surface area (Å²) in [5.74, 6) is 1.66. The van der Waals surface area contributed by atoms with E-state index in [4.69, 9.17) is 4.74 Å². The van der Waals surface area contributed by atoms with Crippen molar-refractivity contribution in [1.29, 1.82) is 0 Å². The van der Waals surface area contributed by atoms with Gasteiger partial charge in [0.05, 0.1) is 29.8 Å². The van der Waals surface area contributed by atoms with E-state index < -0.39 is 9.84 Å². The van der Waals surface area contributed by atoms with Crippen molar-refractivity contribution in [3.05, 3.63) is 41.1 Å². The number of nitrogens with zero attached hydrogens (tertiary/aromatic N) is 2. The van der Waals surface area contributed by atoms with Gasteiger partial charge in [0.15, 0.2) is 9.84 Å². The maximum Gasteiger partial charge on any atom is 0.225 e. The van der Waals surface area contributed by atoms with E-state index >= 15 is 0 Å². The zero-order chi connectivity index (χ0) is 19.0. The van der Waals surface area contributed by atoms with E-state index in [9.17, 15) is 13.2 Å². The molecule has 2 aliphatic rings. The Balaban J connectivity index is 1.40. The van der Waals surface area contributed by atoms with E-state index in [0.29, 0.717) is 25.1 Å². The Kier molecular flexibility index (Phi) is 4.67. The van der Waals surface area contributed by atoms with Crippen LogP contribution in [-0.2, 0) is 27.5 Å². The van der Waals surface area contributed by atoms with E-state index in [-0.39, 0.29) is 23.5 Å².